The highest BCUT2D eigenvalue weighted by atomic mass is 16.3. The van der Waals surface area contributed by atoms with Gasteiger partial charge in [0, 0.05) is 26.1 Å². The first-order valence-corrected chi connectivity index (χ1v) is 7.04. The van der Waals surface area contributed by atoms with Crippen molar-refractivity contribution in [2.24, 2.45) is 5.92 Å². The molecule has 0 aliphatic carbocycles. The molecular weight excluding hydrogens is 268 g/mol. The lowest BCUT2D eigenvalue weighted by atomic mass is 10.1. The van der Waals surface area contributed by atoms with Gasteiger partial charge in [-0.2, -0.15) is 0 Å². The van der Waals surface area contributed by atoms with Crippen LogP contribution in [0.4, 0.5) is 0 Å². The van der Waals surface area contributed by atoms with Crippen LogP contribution in [0.1, 0.15) is 12.0 Å². The molecule has 2 rings (SSSR count). The number of hydrogen-bond donors (Lipinski definition) is 2. The zero-order chi connectivity index (χ0) is 15.2. The first-order chi connectivity index (χ1) is 10.1. The minimum atomic E-state index is -0.266. The smallest absolute Gasteiger partial charge is 0.225 e. The number of carbonyl (C=O) groups excluding carboxylic acids is 2. The molecule has 5 nitrogen and oxygen atoms in total. The van der Waals surface area contributed by atoms with E-state index in [0.717, 1.165) is 5.56 Å². The van der Waals surface area contributed by atoms with Crippen molar-refractivity contribution in [2.75, 3.05) is 19.6 Å². The molecule has 112 valence electrons. The summed E-state index contributed by atoms with van der Waals surface area (Å²) < 4.78 is 0. The molecule has 0 saturated carbocycles. The Morgan fingerprint density at radius 2 is 2.14 bits per heavy atom. The third-order valence-electron chi connectivity index (χ3n) is 3.58. The number of likely N-dealkylation sites (tertiary alicyclic amines) is 1. The molecule has 1 aromatic rings. The average Bonchev–Trinajstić information content (AvgIpc) is 2.83. The van der Waals surface area contributed by atoms with Crippen LogP contribution < -0.4 is 5.32 Å². The maximum Gasteiger partial charge on any atom is 0.225 e. The topological polar surface area (TPSA) is 69.6 Å². The zero-order valence-corrected chi connectivity index (χ0v) is 11.9. The number of benzene rings is 1. The monoisotopic (exact) mass is 288 g/mol. The summed E-state index contributed by atoms with van der Waals surface area (Å²) in [6.45, 7) is 5.09. The van der Waals surface area contributed by atoms with Crippen LogP contribution in [0.2, 0.25) is 0 Å². The molecular formula is C16H20N2O3. The highest BCUT2D eigenvalue weighted by Gasteiger charge is 2.33. The summed E-state index contributed by atoms with van der Waals surface area (Å²) in [5, 5.41) is 12.1. The fourth-order valence-corrected chi connectivity index (χ4v) is 2.42. The molecule has 2 N–H and O–H groups in total. The van der Waals surface area contributed by atoms with E-state index in [-0.39, 0.29) is 29.9 Å². The minimum absolute atomic E-state index is 0.00795. The Bertz CT molecular complexity index is 525. The van der Waals surface area contributed by atoms with Crippen LogP contribution in [0.3, 0.4) is 0 Å². The molecule has 2 amide bonds. The van der Waals surface area contributed by atoms with Crippen LogP contribution in [-0.4, -0.2) is 41.5 Å². The molecule has 1 unspecified atom stereocenters. The van der Waals surface area contributed by atoms with Crippen LogP contribution in [0, 0.1) is 5.92 Å². The molecule has 1 saturated heterocycles. The molecule has 0 radical (unpaired) electrons. The third-order valence-corrected chi connectivity index (χ3v) is 3.58. The third kappa shape index (κ3) is 4.08. The van der Waals surface area contributed by atoms with Gasteiger partial charge in [-0.1, -0.05) is 18.2 Å². The summed E-state index contributed by atoms with van der Waals surface area (Å²) in [5.41, 5.74) is 1.05. The lowest BCUT2D eigenvalue weighted by molar-refractivity contribution is -0.128. The maximum absolute atomic E-state index is 12.0. The largest absolute Gasteiger partial charge is 0.508 e. The standard InChI is InChI=1S/C16H20N2O3/c1-2-9-18-11-13(10-15(18)20)16(21)17-8-7-12-3-5-14(19)6-4-12/h2-6,13,19H,1,7-11H2,(H,17,21). The molecule has 5 heteroatoms. The molecule has 1 aliphatic heterocycles. The molecule has 1 aromatic carbocycles. The number of hydrogen-bond acceptors (Lipinski definition) is 3. The first kappa shape index (κ1) is 15.1. The van der Waals surface area contributed by atoms with Crippen molar-refractivity contribution in [3.05, 3.63) is 42.5 Å². The number of carbonyl (C=O) groups is 2. The van der Waals surface area contributed by atoms with Gasteiger partial charge < -0.3 is 15.3 Å². The highest BCUT2D eigenvalue weighted by molar-refractivity contribution is 5.89. The SMILES string of the molecule is C=CCN1CC(C(=O)NCCc2ccc(O)cc2)CC1=O. The van der Waals surface area contributed by atoms with Gasteiger partial charge in [-0.25, -0.2) is 0 Å². The van der Waals surface area contributed by atoms with Gasteiger partial charge in [0.05, 0.1) is 5.92 Å². The highest BCUT2D eigenvalue weighted by Crippen LogP contribution is 2.17. The Hall–Kier alpha value is -2.30. The van der Waals surface area contributed by atoms with Gasteiger partial charge in [0.15, 0.2) is 0 Å². The summed E-state index contributed by atoms with van der Waals surface area (Å²) >= 11 is 0. The Balaban J connectivity index is 1.76. The summed E-state index contributed by atoms with van der Waals surface area (Å²) in [6.07, 6.45) is 2.64. The number of rotatable bonds is 6. The van der Waals surface area contributed by atoms with Crippen LogP contribution in [0.5, 0.6) is 5.75 Å². The van der Waals surface area contributed by atoms with E-state index in [1.807, 2.05) is 12.1 Å². The number of amides is 2. The van der Waals surface area contributed by atoms with Crippen molar-refractivity contribution >= 4 is 11.8 Å². The van der Waals surface area contributed by atoms with Crippen LogP contribution >= 0.6 is 0 Å². The molecule has 0 bridgehead atoms. The van der Waals surface area contributed by atoms with Gasteiger partial charge in [0.25, 0.3) is 0 Å². The lowest BCUT2D eigenvalue weighted by Gasteiger charge is -2.14. The van der Waals surface area contributed by atoms with Gasteiger partial charge in [0.1, 0.15) is 5.75 Å². The van der Waals surface area contributed by atoms with Gasteiger partial charge in [-0.3, -0.25) is 9.59 Å². The van der Waals surface area contributed by atoms with Crippen molar-refractivity contribution in [1.29, 1.82) is 0 Å². The fourth-order valence-electron chi connectivity index (χ4n) is 2.42. The molecule has 21 heavy (non-hydrogen) atoms. The second-order valence-corrected chi connectivity index (χ2v) is 5.20. The normalized spacial score (nSPS) is 17.8. The Kier molecular flexibility index (Phi) is 4.98. The van der Waals surface area contributed by atoms with Gasteiger partial charge >= 0.3 is 0 Å². The van der Waals surface area contributed by atoms with E-state index >= 15 is 0 Å². The quantitative estimate of drug-likeness (QED) is 0.770. The molecule has 0 spiro atoms. The van der Waals surface area contributed by atoms with Crippen molar-refractivity contribution in [1.82, 2.24) is 10.2 Å². The van der Waals surface area contributed by atoms with E-state index in [9.17, 15) is 14.7 Å². The number of phenolic OH excluding ortho intramolecular Hbond substituents is 1. The number of aromatic hydroxyl groups is 1. The predicted octanol–water partition coefficient (Wildman–Crippen LogP) is 1.09. The average molecular weight is 288 g/mol. The minimum Gasteiger partial charge on any atom is -0.508 e. The molecule has 1 aliphatic rings. The fraction of sp³-hybridized carbons (Fsp3) is 0.375. The molecule has 1 fully saturated rings. The van der Waals surface area contributed by atoms with Crippen molar-refractivity contribution in [3.8, 4) is 5.75 Å². The zero-order valence-electron chi connectivity index (χ0n) is 11.9. The number of nitrogens with one attached hydrogen (secondary N) is 1. The van der Waals surface area contributed by atoms with Crippen LogP contribution in [0.15, 0.2) is 36.9 Å². The van der Waals surface area contributed by atoms with E-state index in [1.165, 1.54) is 0 Å². The van der Waals surface area contributed by atoms with E-state index < -0.39 is 0 Å². The van der Waals surface area contributed by atoms with E-state index in [0.29, 0.717) is 26.1 Å². The number of phenols is 1. The van der Waals surface area contributed by atoms with Crippen molar-refractivity contribution in [3.63, 3.8) is 0 Å². The van der Waals surface area contributed by atoms with E-state index in [4.69, 9.17) is 0 Å². The predicted molar refractivity (Wildman–Crippen MR) is 79.7 cm³/mol. The maximum atomic E-state index is 12.0. The summed E-state index contributed by atoms with van der Waals surface area (Å²) in [5.74, 6) is -0.103. The van der Waals surface area contributed by atoms with Crippen LogP contribution in [0.25, 0.3) is 0 Å². The van der Waals surface area contributed by atoms with Gasteiger partial charge in [-0.15, -0.1) is 6.58 Å². The molecule has 0 aromatic heterocycles. The summed E-state index contributed by atoms with van der Waals surface area (Å²) in [7, 11) is 0. The van der Waals surface area contributed by atoms with E-state index in [1.54, 1.807) is 23.1 Å². The number of nitrogens with zero attached hydrogens (tertiary/aromatic N) is 1. The van der Waals surface area contributed by atoms with Crippen LogP contribution in [-0.2, 0) is 16.0 Å². The van der Waals surface area contributed by atoms with E-state index in [2.05, 4.69) is 11.9 Å². The first-order valence-electron chi connectivity index (χ1n) is 7.04. The van der Waals surface area contributed by atoms with Crippen molar-refractivity contribution < 1.29 is 14.7 Å². The lowest BCUT2D eigenvalue weighted by Crippen LogP contribution is -2.34. The summed E-state index contributed by atoms with van der Waals surface area (Å²) in [6, 6.07) is 6.90. The molecule has 1 atom stereocenters. The second-order valence-electron chi connectivity index (χ2n) is 5.20. The van der Waals surface area contributed by atoms with Gasteiger partial charge in [0.2, 0.25) is 11.8 Å². The molecule has 1 heterocycles. The van der Waals surface area contributed by atoms with Gasteiger partial charge in [-0.05, 0) is 24.1 Å². The Morgan fingerprint density at radius 1 is 1.43 bits per heavy atom. The Morgan fingerprint density at radius 3 is 2.81 bits per heavy atom. The summed E-state index contributed by atoms with van der Waals surface area (Å²) in [4.78, 5) is 25.4. The Labute approximate surface area is 124 Å². The second kappa shape index (κ2) is 6.92. The van der Waals surface area contributed by atoms with Crippen molar-refractivity contribution in [2.45, 2.75) is 12.8 Å².